The standard InChI is InChI=1S/C14H12N2O3S/c1-10-9-20-14(15-13(17)12-5-3-7-19-12)16(10)8-11-4-2-6-18-11/h2-7,9H,8H2,1H3. The Kier molecular flexibility index (Phi) is 3.39. The van der Waals surface area contributed by atoms with Crippen molar-refractivity contribution in [3.8, 4) is 0 Å². The van der Waals surface area contributed by atoms with Gasteiger partial charge in [-0.3, -0.25) is 4.79 Å². The normalized spacial score (nSPS) is 11.9. The van der Waals surface area contributed by atoms with Gasteiger partial charge in [0.05, 0.1) is 19.1 Å². The summed E-state index contributed by atoms with van der Waals surface area (Å²) in [6.07, 6.45) is 3.09. The van der Waals surface area contributed by atoms with Gasteiger partial charge in [-0.15, -0.1) is 11.3 Å². The lowest BCUT2D eigenvalue weighted by atomic mass is 10.4. The topological polar surface area (TPSA) is 60.6 Å². The summed E-state index contributed by atoms with van der Waals surface area (Å²) in [5, 5.41) is 1.96. The van der Waals surface area contributed by atoms with Crippen molar-refractivity contribution in [2.45, 2.75) is 13.5 Å². The maximum Gasteiger partial charge on any atom is 0.315 e. The van der Waals surface area contributed by atoms with E-state index in [0.717, 1.165) is 11.5 Å². The summed E-state index contributed by atoms with van der Waals surface area (Å²) in [6, 6.07) is 6.99. The third-order valence-electron chi connectivity index (χ3n) is 2.81. The van der Waals surface area contributed by atoms with Crippen LogP contribution in [0.3, 0.4) is 0 Å². The molecule has 3 heterocycles. The highest BCUT2D eigenvalue weighted by molar-refractivity contribution is 7.07. The largest absolute Gasteiger partial charge is 0.467 e. The number of thiazole rings is 1. The Labute approximate surface area is 118 Å². The number of carbonyl (C=O) groups is 1. The average Bonchev–Trinajstić information content (AvgIpc) is 3.16. The predicted octanol–water partition coefficient (Wildman–Crippen LogP) is 2.83. The molecule has 0 fully saturated rings. The highest BCUT2D eigenvalue weighted by atomic mass is 32.1. The molecule has 0 atom stereocenters. The van der Waals surface area contributed by atoms with E-state index >= 15 is 0 Å². The average molecular weight is 288 g/mol. The molecule has 3 rings (SSSR count). The first-order valence-corrected chi connectivity index (χ1v) is 6.92. The zero-order valence-corrected chi connectivity index (χ0v) is 11.6. The Morgan fingerprint density at radius 3 is 2.80 bits per heavy atom. The van der Waals surface area contributed by atoms with Crippen molar-refractivity contribution in [2.75, 3.05) is 0 Å². The molecule has 0 N–H and O–H groups in total. The second-order valence-electron chi connectivity index (χ2n) is 4.22. The van der Waals surface area contributed by atoms with E-state index in [0.29, 0.717) is 11.3 Å². The molecule has 3 aromatic rings. The molecule has 20 heavy (non-hydrogen) atoms. The molecule has 102 valence electrons. The van der Waals surface area contributed by atoms with Crippen LogP contribution in [-0.2, 0) is 6.54 Å². The first-order valence-electron chi connectivity index (χ1n) is 6.04. The van der Waals surface area contributed by atoms with Crippen molar-refractivity contribution in [3.05, 3.63) is 64.2 Å². The van der Waals surface area contributed by atoms with Crippen LogP contribution in [0.1, 0.15) is 22.0 Å². The SMILES string of the molecule is Cc1csc(=NC(=O)c2ccco2)n1Cc1ccco1. The van der Waals surface area contributed by atoms with E-state index in [2.05, 4.69) is 4.99 Å². The van der Waals surface area contributed by atoms with E-state index in [1.807, 2.05) is 29.0 Å². The fourth-order valence-corrected chi connectivity index (χ4v) is 2.67. The van der Waals surface area contributed by atoms with Crippen LogP contribution in [0, 0.1) is 6.92 Å². The van der Waals surface area contributed by atoms with Gasteiger partial charge in [0.2, 0.25) is 0 Å². The first kappa shape index (κ1) is 12.7. The van der Waals surface area contributed by atoms with Gasteiger partial charge >= 0.3 is 5.91 Å². The number of hydrogen-bond acceptors (Lipinski definition) is 4. The third-order valence-corrected chi connectivity index (χ3v) is 3.80. The van der Waals surface area contributed by atoms with Crippen molar-refractivity contribution >= 4 is 17.2 Å². The van der Waals surface area contributed by atoms with E-state index in [9.17, 15) is 4.79 Å². The van der Waals surface area contributed by atoms with Crippen molar-refractivity contribution in [2.24, 2.45) is 4.99 Å². The highest BCUT2D eigenvalue weighted by Gasteiger charge is 2.09. The van der Waals surface area contributed by atoms with Gasteiger partial charge in [0.15, 0.2) is 10.6 Å². The van der Waals surface area contributed by atoms with Crippen LogP contribution in [0.15, 0.2) is 56.0 Å². The lowest BCUT2D eigenvalue weighted by Crippen LogP contribution is -2.18. The quantitative estimate of drug-likeness (QED) is 0.744. The molecule has 0 unspecified atom stereocenters. The van der Waals surface area contributed by atoms with Gasteiger partial charge in [-0.25, -0.2) is 0 Å². The van der Waals surface area contributed by atoms with E-state index in [1.165, 1.54) is 17.6 Å². The highest BCUT2D eigenvalue weighted by Crippen LogP contribution is 2.08. The number of amides is 1. The van der Waals surface area contributed by atoms with Gasteiger partial charge in [0, 0.05) is 11.1 Å². The minimum Gasteiger partial charge on any atom is -0.467 e. The molecule has 0 aromatic carbocycles. The van der Waals surface area contributed by atoms with E-state index in [4.69, 9.17) is 8.83 Å². The molecular formula is C14H12N2O3S. The number of aromatic nitrogens is 1. The molecule has 0 aliphatic rings. The molecule has 0 bridgehead atoms. The molecule has 0 aliphatic heterocycles. The Morgan fingerprint density at radius 2 is 2.10 bits per heavy atom. The van der Waals surface area contributed by atoms with Gasteiger partial charge in [0.1, 0.15) is 5.76 Å². The molecule has 6 heteroatoms. The summed E-state index contributed by atoms with van der Waals surface area (Å²) in [4.78, 5) is 16.7. The van der Waals surface area contributed by atoms with Crippen LogP contribution in [0.25, 0.3) is 0 Å². The Balaban J connectivity index is 1.96. The van der Waals surface area contributed by atoms with Gasteiger partial charge in [-0.1, -0.05) is 0 Å². The van der Waals surface area contributed by atoms with Gasteiger partial charge in [-0.05, 0) is 31.2 Å². The number of rotatable bonds is 3. The lowest BCUT2D eigenvalue weighted by molar-refractivity contribution is 0.0971. The van der Waals surface area contributed by atoms with Crippen molar-refractivity contribution in [1.29, 1.82) is 0 Å². The van der Waals surface area contributed by atoms with Crippen LogP contribution in [0.5, 0.6) is 0 Å². The zero-order chi connectivity index (χ0) is 13.9. The Morgan fingerprint density at radius 1 is 1.30 bits per heavy atom. The number of nitrogens with zero attached hydrogens (tertiary/aromatic N) is 2. The molecular weight excluding hydrogens is 276 g/mol. The summed E-state index contributed by atoms with van der Waals surface area (Å²) in [7, 11) is 0. The summed E-state index contributed by atoms with van der Waals surface area (Å²) in [6.45, 7) is 2.52. The number of furan rings is 2. The molecule has 0 saturated heterocycles. The lowest BCUT2D eigenvalue weighted by Gasteiger charge is -2.02. The number of aryl methyl sites for hydroxylation is 1. The minimum atomic E-state index is -0.384. The van der Waals surface area contributed by atoms with Crippen LogP contribution < -0.4 is 4.80 Å². The second kappa shape index (κ2) is 5.34. The molecule has 0 saturated carbocycles. The second-order valence-corrected chi connectivity index (χ2v) is 5.06. The van der Waals surface area contributed by atoms with Crippen molar-refractivity contribution < 1.29 is 13.6 Å². The zero-order valence-electron chi connectivity index (χ0n) is 10.8. The molecule has 0 radical (unpaired) electrons. The van der Waals surface area contributed by atoms with Gasteiger partial charge in [-0.2, -0.15) is 4.99 Å². The van der Waals surface area contributed by atoms with Crippen molar-refractivity contribution in [3.63, 3.8) is 0 Å². The summed E-state index contributed by atoms with van der Waals surface area (Å²) in [5.41, 5.74) is 1.03. The van der Waals surface area contributed by atoms with Crippen LogP contribution in [-0.4, -0.2) is 10.5 Å². The Hall–Kier alpha value is -2.34. The number of hydrogen-bond donors (Lipinski definition) is 0. The van der Waals surface area contributed by atoms with Crippen molar-refractivity contribution in [1.82, 2.24) is 4.57 Å². The molecule has 0 spiro atoms. The maximum atomic E-state index is 11.9. The third kappa shape index (κ3) is 2.50. The van der Waals surface area contributed by atoms with Crippen LogP contribution in [0.4, 0.5) is 0 Å². The molecule has 0 aliphatic carbocycles. The molecule has 3 aromatic heterocycles. The minimum absolute atomic E-state index is 0.237. The van der Waals surface area contributed by atoms with E-state index < -0.39 is 0 Å². The first-order chi connectivity index (χ1) is 9.74. The van der Waals surface area contributed by atoms with Crippen LogP contribution >= 0.6 is 11.3 Å². The summed E-state index contributed by atoms with van der Waals surface area (Å²) >= 11 is 1.42. The van der Waals surface area contributed by atoms with Gasteiger partial charge < -0.3 is 13.4 Å². The monoisotopic (exact) mass is 288 g/mol. The molecule has 1 amide bonds. The van der Waals surface area contributed by atoms with E-state index in [1.54, 1.807) is 18.4 Å². The smallest absolute Gasteiger partial charge is 0.315 e. The predicted molar refractivity (Wildman–Crippen MR) is 73.5 cm³/mol. The molecule has 5 nitrogen and oxygen atoms in total. The summed E-state index contributed by atoms with van der Waals surface area (Å²) < 4.78 is 12.3. The summed E-state index contributed by atoms with van der Waals surface area (Å²) in [5.74, 6) is 0.670. The van der Waals surface area contributed by atoms with Gasteiger partial charge in [0.25, 0.3) is 0 Å². The maximum absolute atomic E-state index is 11.9. The van der Waals surface area contributed by atoms with E-state index in [-0.39, 0.29) is 11.7 Å². The Bertz CT molecular complexity index is 764. The fraction of sp³-hybridized carbons (Fsp3) is 0.143. The fourth-order valence-electron chi connectivity index (χ4n) is 1.80. The van der Waals surface area contributed by atoms with Crippen LogP contribution in [0.2, 0.25) is 0 Å². The number of carbonyl (C=O) groups excluding carboxylic acids is 1.